The summed E-state index contributed by atoms with van der Waals surface area (Å²) in [7, 11) is -3.68. The maximum Gasteiger partial charge on any atom is 0.262 e. The summed E-state index contributed by atoms with van der Waals surface area (Å²) >= 11 is 6.09. The molecule has 0 radical (unpaired) electrons. The number of hydrogen-bond acceptors (Lipinski definition) is 5. The number of carbonyl (C=O) groups excluding carboxylic acids is 2. The van der Waals surface area contributed by atoms with Crippen LogP contribution in [-0.4, -0.2) is 32.9 Å². The zero-order valence-corrected chi connectivity index (χ0v) is 17.7. The second kappa shape index (κ2) is 9.73. The van der Waals surface area contributed by atoms with Crippen molar-refractivity contribution in [2.45, 2.75) is 31.7 Å². The Labute approximate surface area is 174 Å². The number of amides is 2. The van der Waals surface area contributed by atoms with Gasteiger partial charge in [-0.15, -0.1) is 0 Å². The summed E-state index contributed by atoms with van der Waals surface area (Å²) in [6, 6.07) is 10.3. The van der Waals surface area contributed by atoms with Crippen LogP contribution in [0, 0.1) is 0 Å². The van der Waals surface area contributed by atoms with Crippen LogP contribution in [0.5, 0.6) is 5.75 Å². The number of carbonyl (C=O) groups is 2. The van der Waals surface area contributed by atoms with E-state index in [1.54, 1.807) is 38.1 Å². The molecule has 0 aliphatic carbocycles. The highest BCUT2D eigenvalue weighted by atomic mass is 35.5. The van der Waals surface area contributed by atoms with E-state index in [2.05, 4.69) is 15.4 Å². The van der Waals surface area contributed by atoms with E-state index in [0.29, 0.717) is 11.4 Å². The predicted molar refractivity (Wildman–Crippen MR) is 112 cm³/mol. The molecule has 0 bridgehead atoms. The van der Waals surface area contributed by atoms with Crippen LogP contribution in [0.1, 0.15) is 20.8 Å². The molecule has 2 amide bonds. The maximum absolute atomic E-state index is 12.2. The van der Waals surface area contributed by atoms with Crippen LogP contribution in [0.4, 0.5) is 11.4 Å². The lowest BCUT2D eigenvalue weighted by molar-refractivity contribution is -0.118. The Kier molecular flexibility index (Phi) is 7.60. The lowest BCUT2D eigenvalue weighted by atomic mass is 10.2. The van der Waals surface area contributed by atoms with Gasteiger partial charge < -0.3 is 15.4 Å². The highest BCUT2D eigenvalue weighted by Crippen LogP contribution is 2.27. The summed E-state index contributed by atoms with van der Waals surface area (Å²) < 4.78 is 32.2. The Morgan fingerprint density at radius 3 is 2.14 bits per heavy atom. The number of anilines is 2. The fourth-order valence-corrected chi connectivity index (χ4v) is 3.90. The SMILES string of the molecule is CC(=O)Nc1ccc(NC(=O)COc2ccc(S(=O)(=O)NC(C)C)cc2Cl)cc1. The first-order valence-electron chi connectivity index (χ1n) is 8.69. The normalized spacial score (nSPS) is 11.2. The molecular weight excluding hydrogens is 418 g/mol. The average Bonchev–Trinajstić information content (AvgIpc) is 2.61. The number of ether oxygens (including phenoxy) is 1. The molecule has 0 aliphatic heterocycles. The minimum Gasteiger partial charge on any atom is -0.482 e. The van der Waals surface area contributed by atoms with Gasteiger partial charge in [-0.05, 0) is 56.3 Å². The highest BCUT2D eigenvalue weighted by Gasteiger charge is 2.17. The minimum atomic E-state index is -3.68. The van der Waals surface area contributed by atoms with Crippen molar-refractivity contribution in [2.24, 2.45) is 0 Å². The average molecular weight is 440 g/mol. The van der Waals surface area contributed by atoms with E-state index in [0.717, 1.165) is 0 Å². The number of benzene rings is 2. The molecule has 0 atom stereocenters. The molecule has 0 saturated carbocycles. The van der Waals surface area contributed by atoms with Crippen LogP contribution in [-0.2, 0) is 19.6 Å². The van der Waals surface area contributed by atoms with Gasteiger partial charge in [0.2, 0.25) is 15.9 Å². The Morgan fingerprint density at radius 1 is 1.03 bits per heavy atom. The van der Waals surface area contributed by atoms with Crippen molar-refractivity contribution in [3.05, 3.63) is 47.5 Å². The van der Waals surface area contributed by atoms with Gasteiger partial charge in [0, 0.05) is 24.3 Å². The van der Waals surface area contributed by atoms with Crippen molar-refractivity contribution in [1.82, 2.24) is 4.72 Å². The smallest absolute Gasteiger partial charge is 0.262 e. The molecule has 3 N–H and O–H groups in total. The van der Waals surface area contributed by atoms with Gasteiger partial charge in [0.15, 0.2) is 6.61 Å². The van der Waals surface area contributed by atoms with E-state index in [-0.39, 0.29) is 34.2 Å². The molecule has 0 spiro atoms. The van der Waals surface area contributed by atoms with Crippen molar-refractivity contribution >= 4 is 44.8 Å². The second-order valence-electron chi connectivity index (χ2n) is 6.46. The molecule has 0 unspecified atom stereocenters. The third kappa shape index (κ3) is 7.04. The Hall–Kier alpha value is -2.62. The Morgan fingerprint density at radius 2 is 1.62 bits per heavy atom. The summed E-state index contributed by atoms with van der Waals surface area (Å²) in [4.78, 5) is 23.1. The van der Waals surface area contributed by atoms with E-state index in [1.165, 1.54) is 25.1 Å². The molecule has 0 saturated heterocycles. The standard InChI is InChI=1S/C19H22ClN3O5S/c1-12(2)23-29(26,27)16-8-9-18(17(20)10-16)28-11-19(25)22-15-6-4-14(5-7-15)21-13(3)24/h4-10,12,23H,11H2,1-3H3,(H,21,24)(H,22,25). The molecule has 10 heteroatoms. The molecule has 2 aromatic carbocycles. The third-order valence-electron chi connectivity index (χ3n) is 3.45. The van der Waals surface area contributed by atoms with E-state index >= 15 is 0 Å². The summed E-state index contributed by atoms with van der Waals surface area (Å²) in [5.74, 6) is -0.427. The van der Waals surface area contributed by atoms with Gasteiger partial charge in [-0.1, -0.05) is 11.6 Å². The molecule has 8 nitrogen and oxygen atoms in total. The van der Waals surface area contributed by atoms with Crippen molar-refractivity contribution in [3.8, 4) is 5.75 Å². The van der Waals surface area contributed by atoms with Crippen LogP contribution in [0.25, 0.3) is 0 Å². The van der Waals surface area contributed by atoms with Gasteiger partial charge in [-0.3, -0.25) is 9.59 Å². The van der Waals surface area contributed by atoms with Crippen LogP contribution in [0.3, 0.4) is 0 Å². The summed E-state index contributed by atoms with van der Waals surface area (Å²) in [6.07, 6.45) is 0. The van der Waals surface area contributed by atoms with Gasteiger partial charge in [-0.2, -0.15) is 0 Å². The quantitative estimate of drug-likeness (QED) is 0.585. The topological polar surface area (TPSA) is 114 Å². The lowest BCUT2D eigenvalue weighted by Gasteiger charge is -2.12. The molecule has 2 rings (SSSR count). The molecule has 0 fully saturated rings. The van der Waals surface area contributed by atoms with Crippen molar-refractivity contribution in [3.63, 3.8) is 0 Å². The third-order valence-corrected chi connectivity index (χ3v) is 5.40. The fourth-order valence-electron chi connectivity index (χ4n) is 2.32. The van der Waals surface area contributed by atoms with Crippen molar-refractivity contribution in [1.29, 1.82) is 0 Å². The van der Waals surface area contributed by atoms with Crippen LogP contribution >= 0.6 is 11.6 Å². The molecule has 156 valence electrons. The molecular formula is C19H22ClN3O5S. The summed E-state index contributed by atoms with van der Waals surface area (Å²) in [6.45, 7) is 4.51. The maximum atomic E-state index is 12.2. The molecule has 0 aromatic heterocycles. The summed E-state index contributed by atoms with van der Waals surface area (Å²) in [5.41, 5.74) is 1.14. The Bertz CT molecular complexity index is 991. The minimum absolute atomic E-state index is 0.00672. The first-order chi connectivity index (χ1) is 13.6. The zero-order valence-electron chi connectivity index (χ0n) is 16.2. The number of halogens is 1. The second-order valence-corrected chi connectivity index (χ2v) is 8.58. The number of hydrogen-bond donors (Lipinski definition) is 3. The van der Waals surface area contributed by atoms with Crippen LogP contribution in [0.2, 0.25) is 5.02 Å². The number of nitrogens with one attached hydrogen (secondary N) is 3. The fraction of sp³-hybridized carbons (Fsp3) is 0.263. The highest BCUT2D eigenvalue weighted by molar-refractivity contribution is 7.89. The van der Waals surface area contributed by atoms with Crippen molar-refractivity contribution < 1.29 is 22.7 Å². The molecule has 0 aliphatic rings. The molecule has 0 heterocycles. The van der Waals surface area contributed by atoms with Gasteiger partial charge in [0.1, 0.15) is 5.75 Å². The molecule has 2 aromatic rings. The van der Waals surface area contributed by atoms with Gasteiger partial charge >= 0.3 is 0 Å². The first kappa shape index (κ1) is 22.7. The monoisotopic (exact) mass is 439 g/mol. The predicted octanol–water partition coefficient (Wildman–Crippen LogP) is 3.00. The zero-order chi connectivity index (χ0) is 21.6. The largest absolute Gasteiger partial charge is 0.482 e. The number of sulfonamides is 1. The summed E-state index contributed by atoms with van der Waals surface area (Å²) in [5, 5.41) is 5.34. The van der Waals surface area contributed by atoms with Crippen molar-refractivity contribution in [2.75, 3.05) is 17.2 Å². The van der Waals surface area contributed by atoms with Gasteiger partial charge in [-0.25, -0.2) is 13.1 Å². The van der Waals surface area contributed by atoms with E-state index in [1.807, 2.05) is 0 Å². The van der Waals surface area contributed by atoms with E-state index in [4.69, 9.17) is 16.3 Å². The Balaban J connectivity index is 1.95. The van der Waals surface area contributed by atoms with E-state index in [9.17, 15) is 18.0 Å². The van der Waals surface area contributed by atoms with Gasteiger partial charge in [0.25, 0.3) is 5.91 Å². The number of rotatable bonds is 8. The van der Waals surface area contributed by atoms with Gasteiger partial charge in [0.05, 0.1) is 9.92 Å². The lowest BCUT2D eigenvalue weighted by Crippen LogP contribution is -2.30. The molecule has 29 heavy (non-hydrogen) atoms. The van der Waals surface area contributed by atoms with Crippen LogP contribution < -0.4 is 20.1 Å². The van der Waals surface area contributed by atoms with E-state index < -0.39 is 15.9 Å². The van der Waals surface area contributed by atoms with Crippen LogP contribution in [0.15, 0.2) is 47.4 Å². The first-order valence-corrected chi connectivity index (χ1v) is 10.5.